The second kappa shape index (κ2) is 8.28. The van der Waals surface area contributed by atoms with Crippen LogP contribution in [0.4, 0.5) is 0 Å². The Morgan fingerprint density at radius 3 is 2.40 bits per heavy atom. The average Bonchev–Trinajstić information content (AvgIpc) is 2.57. The summed E-state index contributed by atoms with van der Waals surface area (Å²) in [6.45, 7) is 2.42. The fourth-order valence-electron chi connectivity index (χ4n) is 2.41. The highest BCUT2D eigenvalue weighted by atomic mass is 16.5. The molecule has 6 heteroatoms. The third-order valence-electron chi connectivity index (χ3n) is 3.74. The van der Waals surface area contributed by atoms with Gasteiger partial charge >= 0.3 is 0 Å². The molecule has 134 valence electrons. The van der Waals surface area contributed by atoms with Crippen LogP contribution in [0.15, 0.2) is 30.3 Å². The summed E-state index contributed by atoms with van der Waals surface area (Å²) in [5.41, 5.74) is 0.427. The van der Waals surface area contributed by atoms with Crippen molar-refractivity contribution in [1.82, 2.24) is 0 Å². The molecule has 3 N–H and O–H groups in total. The van der Waals surface area contributed by atoms with Crippen molar-refractivity contribution in [1.29, 1.82) is 0 Å². The highest BCUT2D eigenvalue weighted by Crippen LogP contribution is 2.44. The highest BCUT2D eigenvalue weighted by molar-refractivity contribution is 6.03. The van der Waals surface area contributed by atoms with Crippen LogP contribution in [0, 0.1) is 0 Å². The quantitative estimate of drug-likeness (QED) is 0.501. The molecule has 0 saturated carbocycles. The largest absolute Gasteiger partial charge is 0.508 e. The molecule has 2 aromatic carbocycles. The maximum Gasteiger partial charge on any atom is 0.204 e. The topological polar surface area (TPSA) is 96.2 Å². The second-order valence-electron chi connectivity index (χ2n) is 5.62. The van der Waals surface area contributed by atoms with E-state index in [9.17, 15) is 20.1 Å². The maximum atomic E-state index is 12.5. The first-order valence-electron chi connectivity index (χ1n) is 8.04. The van der Waals surface area contributed by atoms with E-state index in [1.165, 1.54) is 25.3 Å². The summed E-state index contributed by atoms with van der Waals surface area (Å²) < 4.78 is 10.7. The van der Waals surface area contributed by atoms with Gasteiger partial charge in [-0.3, -0.25) is 4.79 Å². The van der Waals surface area contributed by atoms with E-state index in [1.54, 1.807) is 12.1 Å². The van der Waals surface area contributed by atoms with Gasteiger partial charge in [0.05, 0.1) is 13.7 Å². The summed E-state index contributed by atoms with van der Waals surface area (Å²) in [6, 6.07) is 7.40. The summed E-state index contributed by atoms with van der Waals surface area (Å²) in [7, 11) is 1.35. The third kappa shape index (κ3) is 4.35. The van der Waals surface area contributed by atoms with Gasteiger partial charge in [0, 0.05) is 12.5 Å². The van der Waals surface area contributed by atoms with Crippen molar-refractivity contribution in [3.63, 3.8) is 0 Å². The van der Waals surface area contributed by atoms with Gasteiger partial charge in [-0.25, -0.2) is 0 Å². The molecular weight excluding hydrogens is 324 g/mol. The molecule has 0 aromatic heterocycles. The lowest BCUT2D eigenvalue weighted by Gasteiger charge is -2.15. The van der Waals surface area contributed by atoms with Gasteiger partial charge < -0.3 is 24.8 Å². The lowest BCUT2D eigenvalue weighted by atomic mass is 10.0. The average molecular weight is 346 g/mol. The molecule has 0 fully saturated rings. The summed E-state index contributed by atoms with van der Waals surface area (Å²) in [6.07, 6.45) is 1.70. The van der Waals surface area contributed by atoms with Crippen molar-refractivity contribution in [2.75, 3.05) is 13.7 Å². The molecule has 0 aliphatic rings. The van der Waals surface area contributed by atoms with Crippen LogP contribution in [-0.2, 0) is 6.42 Å². The molecular formula is C19H22O6. The molecule has 0 spiro atoms. The van der Waals surface area contributed by atoms with Crippen molar-refractivity contribution in [2.45, 2.75) is 26.2 Å². The Morgan fingerprint density at radius 2 is 1.80 bits per heavy atom. The highest BCUT2D eigenvalue weighted by Gasteiger charge is 2.24. The van der Waals surface area contributed by atoms with Gasteiger partial charge in [0.2, 0.25) is 5.75 Å². The van der Waals surface area contributed by atoms with Crippen LogP contribution in [0.3, 0.4) is 0 Å². The number of methoxy groups -OCH3 is 1. The summed E-state index contributed by atoms with van der Waals surface area (Å²) in [5, 5.41) is 29.8. The zero-order valence-corrected chi connectivity index (χ0v) is 14.3. The molecule has 0 atom stereocenters. The number of rotatable bonds is 8. The molecule has 25 heavy (non-hydrogen) atoms. The number of ketones is 1. The summed E-state index contributed by atoms with van der Waals surface area (Å²) in [5.74, 6) is -0.988. The fourth-order valence-corrected chi connectivity index (χ4v) is 2.41. The molecule has 2 aromatic rings. The molecule has 0 amide bonds. The molecule has 0 aliphatic heterocycles. The Labute approximate surface area is 146 Å². The van der Waals surface area contributed by atoms with E-state index < -0.39 is 11.5 Å². The Morgan fingerprint density at radius 1 is 1.12 bits per heavy atom. The van der Waals surface area contributed by atoms with E-state index in [2.05, 4.69) is 0 Å². The number of Topliss-reactive ketones (excluding diaryl/α,β-unsaturated/α-hetero) is 1. The van der Waals surface area contributed by atoms with Gasteiger partial charge in [0.25, 0.3) is 0 Å². The Balaban J connectivity index is 2.30. The number of phenolic OH excluding ortho intramolecular Hbond substituents is 3. The number of ether oxygens (including phenoxy) is 2. The molecule has 0 aliphatic carbocycles. The number of hydrogen-bond donors (Lipinski definition) is 3. The number of carbonyl (C=O) groups excluding carboxylic acids is 1. The van der Waals surface area contributed by atoms with E-state index in [-0.39, 0.29) is 35.0 Å². The van der Waals surface area contributed by atoms with E-state index in [0.717, 1.165) is 12.8 Å². The number of benzene rings is 2. The van der Waals surface area contributed by atoms with Crippen LogP contribution in [0.1, 0.15) is 35.7 Å². The van der Waals surface area contributed by atoms with Crippen LogP contribution in [0.2, 0.25) is 0 Å². The zero-order valence-electron chi connectivity index (χ0n) is 14.3. The standard InChI is InChI=1S/C19H22O6/c1-3-4-9-25-16-11-15(22)17(18(23)19(16)24-2)14(21)10-12-5-7-13(20)8-6-12/h5-8,11,20,22-23H,3-4,9-10H2,1-2H3. The predicted molar refractivity (Wildman–Crippen MR) is 92.9 cm³/mol. The molecule has 6 nitrogen and oxygen atoms in total. The van der Waals surface area contributed by atoms with Crippen molar-refractivity contribution in [2.24, 2.45) is 0 Å². The van der Waals surface area contributed by atoms with Crippen molar-refractivity contribution < 1.29 is 29.6 Å². The minimum atomic E-state index is -0.473. The van der Waals surface area contributed by atoms with Crippen molar-refractivity contribution >= 4 is 5.78 Å². The van der Waals surface area contributed by atoms with Gasteiger partial charge in [-0.15, -0.1) is 0 Å². The van der Waals surface area contributed by atoms with Gasteiger partial charge in [0.1, 0.15) is 17.1 Å². The van der Waals surface area contributed by atoms with Gasteiger partial charge in [-0.1, -0.05) is 25.5 Å². The van der Waals surface area contributed by atoms with Gasteiger partial charge in [0.15, 0.2) is 17.3 Å². The van der Waals surface area contributed by atoms with Crippen LogP contribution < -0.4 is 9.47 Å². The van der Waals surface area contributed by atoms with Gasteiger partial charge in [-0.05, 0) is 24.1 Å². The smallest absolute Gasteiger partial charge is 0.204 e. The molecule has 2 rings (SSSR count). The number of phenols is 3. The number of unbranched alkanes of at least 4 members (excludes halogenated alkanes) is 1. The van der Waals surface area contributed by atoms with Crippen LogP contribution in [-0.4, -0.2) is 34.8 Å². The molecule has 0 radical (unpaired) electrons. The fraction of sp³-hybridized carbons (Fsp3) is 0.316. The minimum Gasteiger partial charge on any atom is -0.508 e. The van der Waals surface area contributed by atoms with Gasteiger partial charge in [-0.2, -0.15) is 0 Å². The molecule has 0 heterocycles. The van der Waals surface area contributed by atoms with E-state index in [4.69, 9.17) is 9.47 Å². The minimum absolute atomic E-state index is 0.0166. The first-order valence-corrected chi connectivity index (χ1v) is 8.04. The molecule has 0 bridgehead atoms. The third-order valence-corrected chi connectivity index (χ3v) is 3.74. The van der Waals surface area contributed by atoms with Crippen LogP contribution in [0.5, 0.6) is 28.7 Å². The monoisotopic (exact) mass is 346 g/mol. The Bertz CT molecular complexity index is 737. The molecule has 0 unspecified atom stereocenters. The van der Waals surface area contributed by atoms with E-state index >= 15 is 0 Å². The number of hydrogen-bond acceptors (Lipinski definition) is 6. The predicted octanol–water partition coefficient (Wildman–Crippen LogP) is 3.42. The maximum absolute atomic E-state index is 12.5. The Kier molecular flexibility index (Phi) is 6.11. The van der Waals surface area contributed by atoms with Crippen LogP contribution in [0.25, 0.3) is 0 Å². The van der Waals surface area contributed by atoms with Crippen molar-refractivity contribution in [3.8, 4) is 28.7 Å². The summed E-state index contributed by atoms with van der Waals surface area (Å²) in [4.78, 5) is 12.5. The van der Waals surface area contributed by atoms with Crippen molar-refractivity contribution in [3.05, 3.63) is 41.5 Å². The lowest BCUT2D eigenvalue weighted by Crippen LogP contribution is -2.07. The van der Waals surface area contributed by atoms with E-state index in [1.807, 2.05) is 6.92 Å². The van der Waals surface area contributed by atoms with Crippen LogP contribution >= 0.6 is 0 Å². The zero-order chi connectivity index (χ0) is 18.4. The summed E-state index contributed by atoms with van der Waals surface area (Å²) >= 11 is 0. The SMILES string of the molecule is CCCCOc1cc(O)c(C(=O)Cc2ccc(O)cc2)c(O)c1OC. The number of aromatic hydroxyl groups is 3. The lowest BCUT2D eigenvalue weighted by molar-refractivity contribution is 0.0986. The molecule has 0 saturated heterocycles. The number of carbonyl (C=O) groups is 1. The second-order valence-corrected chi connectivity index (χ2v) is 5.62. The Hall–Kier alpha value is -2.89. The first-order chi connectivity index (χ1) is 12.0. The normalized spacial score (nSPS) is 10.5. The van der Waals surface area contributed by atoms with E-state index in [0.29, 0.717) is 12.2 Å². The first kappa shape index (κ1) is 18.4.